The maximum atomic E-state index is 12.5. The molecule has 4 rings (SSSR count). The van der Waals surface area contributed by atoms with E-state index in [2.05, 4.69) is 15.5 Å². The smallest absolute Gasteiger partial charge is 0.255 e. The molecule has 2 heterocycles. The number of aromatic amines is 1. The summed E-state index contributed by atoms with van der Waals surface area (Å²) in [6.07, 6.45) is 5.16. The Morgan fingerprint density at radius 2 is 2.00 bits per heavy atom. The maximum absolute atomic E-state index is 12.5. The Morgan fingerprint density at radius 1 is 1.12 bits per heavy atom. The van der Waals surface area contributed by atoms with E-state index in [0.29, 0.717) is 17.7 Å². The number of nitrogens with zero attached hydrogens (tertiary/aromatic N) is 1. The van der Waals surface area contributed by atoms with Crippen LogP contribution in [0.2, 0.25) is 0 Å². The third kappa shape index (κ3) is 2.56. The normalized spacial score (nSPS) is 10.8. The van der Waals surface area contributed by atoms with Crippen LogP contribution in [0.4, 0.5) is 0 Å². The highest BCUT2D eigenvalue weighted by Crippen LogP contribution is 2.31. The van der Waals surface area contributed by atoms with Crippen molar-refractivity contribution in [3.05, 3.63) is 78.3 Å². The Hall–Kier alpha value is -3.34. The number of carbonyl (C=O) groups excluding carboxylic acids is 1. The van der Waals surface area contributed by atoms with E-state index in [1.807, 2.05) is 48.7 Å². The number of H-pyrrole nitrogens is 1. The van der Waals surface area contributed by atoms with Crippen molar-refractivity contribution < 1.29 is 9.21 Å². The van der Waals surface area contributed by atoms with E-state index in [1.165, 1.54) is 0 Å². The number of fused-ring (bicyclic) bond motifs is 1. The summed E-state index contributed by atoms with van der Waals surface area (Å²) >= 11 is 0. The van der Waals surface area contributed by atoms with Crippen molar-refractivity contribution in [3.8, 4) is 11.1 Å². The van der Waals surface area contributed by atoms with Gasteiger partial charge in [0, 0.05) is 23.7 Å². The molecule has 0 aliphatic carbocycles. The second-order valence-corrected chi connectivity index (χ2v) is 5.48. The molecule has 0 radical (unpaired) electrons. The summed E-state index contributed by atoms with van der Waals surface area (Å²) in [5, 5.41) is 10.6. The molecule has 2 N–H and O–H groups in total. The molecule has 5 nitrogen and oxygen atoms in total. The average molecular weight is 317 g/mol. The van der Waals surface area contributed by atoms with E-state index in [0.717, 1.165) is 22.1 Å². The van der Waals surface area contributed by atoms with E-state index in [4.69, 9.17) is 4.42 Å². The van der Waals surface area contributed by atoms with Crippen LogP contribution in [0.5, 0.6) is 0 Å². The summed E-state index contributed by atoms with van der Waals surface area (Å²) in [5.41, 5.74) is 4.10. The fourth-order valence-corrected chi connectivity index (χ4v) is 2.76. The van der Waals surface area contributed by atoms with Crippen LogP contribution >= 0.6 is 0 Å². The summed E-state index contributed by atoms with van der Waals surface area (Å²) in [4.78, 5) is 12.5. The van der Waals surface area contributed by atoms with E-state index in [-0.39, 0.29) is 5.91 Å². The predicted octanol–water partition coefficient (Wildman–Crippen LogP) is 3.75. The van der Waals surface area contributed by atoms with Gasteiger partial charge in [-0.3, -0.25) is 9.89 Å². The minimum absolute atomic E-state index is 0.155. The zero-order valence-electron chi connectivity index (χ0n) is 12.8. The first kappa shape index (κ1) is 14.3. The van der Waals surface area contributed by atoms with Crippen molar-refractivity contribution in [2.45, 2.75) is 6.54 Å². The minimum atomic E-state index is -0.155. The van der Waals surface area contributed by atoms with E-state index in [9.17, 15) is 4.79 Å². The maximum Gasteiger partial charge on any atom is 0.255 e. The molecular formula is C19H15N3O2. The number of furan rings is 1. The number of carbonyl (C=O) groups is 1. The summed E-state index contributed by atoms with van der Waals surface area (Å²) in [6, 6.07) is 15.4. The second kappa shape index (κ2) is 6.04. The monoisotopic (exact) mass is 317 g/mol. The van der Waals surface area contributed by atoms with Gasteiger partial charge >= 0.3 is 0 Å². The zero-order chi connectivity index (χ0) is 16.4. The van der Waals surface area contributed by atoms with Crippen LogP contribution in [-0.2, 0) is 6.54 Å². The van der Waals surface area contributed by atoms with Crippen LogP contribution in [-0.4, -0.2) is 16.1 Å². The molecule has 0 unspecified atom stereocenters. The quantitative estimate of drug-likeness (QED) is 0.602. The fraction of sp³-hybridized carbons (Fsp3) is 0.0526. The summed E-state index contributed by atoms with van der Waals surface area (Å²) in [6.45, 7) is 0.478. The van der Waals surface area contributed by atoms with Gasteiger partial charge in [-0.15, -0.1) is 0 Å². The summed E-state index contributed by atoms with van der Waals surface area (Å²) in [7, 11) is 0. The van der Waals surface area contributed by atoms with Crippen molar-refractivity contribution in [2.75, 3.05) is 0 Å². The highest BCUT2D eigenvalue weighted by Gasteiger charge is 2.16. The fourth-order valence-electron chi connectivity index (χ4n) is 2.76. The lowest BCUT2D eigenvalue weighted by molar-refractivity contribution is 0.0951. The minimum Gasteiger partial charge on any atom is -0.463 e. The molecule has 0 atom stereocenters. The standard InChI is InChI=1S/C19H15N3O2/c23-19(20-10-13-4-2-1-3-5-13)17-7-6-15(14-11-21-22-12-14)16-8-9-24-18(16)17/h1-9,11-12H,10H2,(H,20,23)(H,21,22). The van der Waals surface area contributed by atoms with Gasteiger partial charge in [0.1, 0.15) is 5.58 Å². The zero-order valence-corrected chi connectivity index (χ0v) is 12.8. The second-order valence-electron chi connectivity index (χ2n) is 5.48. The Morgan fingerprint density at radius 3 is 2.79 bits per heavy atom. The number of hydrogen-bond donors (Lipinski definition) is 2. The van der Waals surface area contributed by atoms with Gasteiger partial charge in [-0.2, -0.15) is 5.10 Å². The van der Waals surface area contributed by atoms with Gasteiger partial charge in [0.15, 0.2) is 0 Å². The number of rotatable bonds is 4. The Balaban J connectivity index is 1.64. The van der Waals surface area contributed by atoms with Crippen molar-refractivity contribution in [2.24, 2.45) is 0 Å². The number of nitrogens with one attached hydrogen (secondary N) is 2. The SMILES string of the molecule is O=C(NCc1ccccc1)c1ccc(-c2cn[nH]c2)c2ccoc12. The average Bonchev–Trinajstić information content (AvgIpc) is 3.31. The third-order valence-electron chi connectivity index (χ3n) is 3.97. The predicted molar refractivity (Wildman–Crippen MR) is 91.4 cm³/mol. The molecule has 24 heavy (non-hydrogen) atoms. The first-order chi connectivity index (χ1) is 11.8. The molecule has 2 aromatic carbocycles. The van der Waals surface area contributed by atoms with Gasteiger partial charge in [-0.25, -0.2) is 0 Å². The van der Waals surface area contributed by atoms with Crippen molar-refractivity contribution >= 4 is 16.9 Å². The molecule has 0 bridgehead atoms. The van der Waals surface area contributed by atoms with Gasteiger partial charge in [0.2, 0.25) is 0 Å². The molecule has 0 aliphatic heterocycles. The van der Waals surface area contributed by atoms with Crippen molar-refractivity contribution in [1.29, 1.82) is 0 Å². The molecule has 0 fully saturated rings. The molecule has 118 valence electrons. The molecule has 5 heteroatoms. The van der Waals surface area contributed by atoms with Gasteiger partial charge in [-0.1, -0.05) is 36.4 Å². The molecule has 0 saturated carbocycles. The lowest BCUT2D eigenvalue weighted by Crippen LogP contribution is -2.22. The number of benzene rings is 2. The van der Waals surface area contributed by atoms with E-state index < -0.39 is 0 Å². The third-order valence-corrected chi connectivity index (χ3v) is 3.97. The van der Waals surface area contributed by atoms with E-state index >= 15 is 0 Å². The van der Waals surface area contributed by atoms with Crippen LogP contribution in [0.25, 0.3) is 22.1 Å². The first-order valence-corrected chi connectivity index (χ1v) is 7.64. The lowest BCUT2D eigenvalue weighted by Gasteiger charge is -2.07. The highest BCUT2D eigenvalue weighted by molar-refractivity contribution is 6.08. The first-order valence-electron chi connectivity index (χ1n) is 7.64. The van der Waals surface area contributed by atoms with Crippen molar-refractivity contribution in [1.82, 2.24) is 15.5 Å². The number of amides is 1. The van der Waals surface area contributed by atoms with Gasteiger partial charge in [-0.05, 0) is 23.3 Å². The van der Waals surface area contributed by atoms with Gasteiger partial charge < -0.3 is 9.73 Å². The summed E-state index contributed by atoms with van der Waals surface area (Å²) in [5.74, 6) is -0.155. The molecule has 0 saturated heterocycles. The topological polar surface area (TPSA) is 70.9 Å². The van der Waals surface area contributed by atoms with Crippen LogP contribution < -0.4 is 5.32 Å². The van der Waals surface area contributed by atoms with Gasteiger partial charge in [0.05, 0.1) is 18.0 Å². The van der Waals surface area contributed by atoms with E-state index in [1.54, 1.807) is 18.5 Å². The number of aromatic nitrogens is 2. The molecule has 0 spiro atoms. The van der Waals surface area contributed by atoms with Crippen LogP contribution in [0.3, 0.4) is 0 Å². The Labute approximate surface area is 138 Å². The number of hydrogen-bond acceptors (Lipinski definition) is 3. The van der Waals surface area contributed by atoms with Crippen LogP contribution in [0.1, 0.15) is 15.9 Å². The molecule has 2 aromatic heterocycles. The molecule has 4 aromatic rings. The van der Waals surface area contributed by atoms with Crippen LogP contribution in [0.15, 0.2) is 71.6 Å². The lowest BCUT2D eigenvalue weighted by atomic mass is 10.0. The summed E-state index contributed by atoms with van der Waals surface area (Å²) < 4.78 is 5.57. The Kier molecular flexibility index (Phi) is 3.59. The largest absolute Gasteiger partial charge is 0.463 e. The van der Waals surface area contributed by atoms with Crippen LogP contribution in [0, 0.1) is 0 Å². The molecular weight excluding hydrogens is 302 g/mol. The Bertz CT molecular complexity index is 972. The molecule has 1 amide bonds. The van der Waals surface area contributed by atoms with Crippen molar-refractivity contribution in [3.63, 3.8) is 0 Å². The van der Waals surface area contributed by atoms with Gasteiger partial charge in [0.25, 0.3) is 5.91 Å². The molecule has 0 aliphatic rings. The highest BCUT2D eigenvalue weighted by atomic mass is 16.3.